The monoisotopic (exact) mass is 374 g/mol. The zero-order valence-corrected chi connectivity index (χ0v) is 16.1. The molecule has 2 unspecified atom stereocenters. The lowest BCUT2D eigenvalue weighted by molar-refractivity contribution is 0.0208. The minimum absolute atomic E-state index is 0.0241. The molecular formula is C22H30O5. The molecule has 3 heterocycles. The molecule has 0 spiro atoms. The molecule has 2 atom stereocenters. The van der Waals surface area contributed by atoms with E-state index in [2.05, 4.69) is 6.92 Å². The van der Waals surface area contributed by atoms with Crippen LogP contribution in [0.25, 0.3) is 0 Å². The molecule has 1 saturated carbocycles. The number of rotatable bonds is 7. The van der Waals surface area contributed by atoms with Crippen LogP contribution in [0.4, 0.5) is 0 Å². The van der Waals surface area contributed by atoms with E-state index in [1.54, 1.807) is 12.3 Å². The van der Waals surface area contributed by atoms with Crippen LogP contribution < -0.4 is 5.63 Å². The fourth-order valence-corrected chi connectivity index (χ4v) is 4.64. The lowest BCUT2D eigenvalue weighted by Gasteiger charge is -2.29. The summed E-state index contributed by atoms with van der Waals surface area (Å²) >= 11 is 0. The molecule has 5 nitrogen and oxygen atoms in total. The number of ether oxygens (including phenoxy) is 2. The SMILES string of the molecule is CCC(CC1CCOCC1)c1cc(O)c(C2(CC3CC3)CC=CO2)c(=O)o1. The van der Waals surface area contributed by atoms with Crippen molar-refractivity contribution < 1.29 is 19.0 Å². The number of hydrogen-bond acceptors (Lipinski definition) is 5. The van der Waals surface area contributed by atoms with Crippen LogP contribution in [0.1, 0.15) is 75.5 Å². The van der Waals surface area contributed by atoms with Crippen LogP contribution in [0.15, 0.2) is 27.6 Å². The molecule has 3 aliphatic rings. The van der Waals surface area contributed by atoms with Gasteiger partial charge in [-0.2, -0.15) is 0 Å². The van der Waals surface area contributed by atoms with Gasteiger partial charge in [-0.15, -0.1) is 0 Å². The molecule has 0 aromatic carbocycles. The summed E-state index contributed by atoms with van der Waals surface area (Å²) in [5.74, 6) is 1.92. The quantitative estimate of drug-likeness (QED) is 0.756. The van der Waals surface area contributed by atoms with Crippen molar-refractivity contribution >= 4 is 0 Å². The molecule has 27 heavy (non-hydrogen) atoms. The molecule has 0 bridgehead atoms. The zero-order valence-electron chi connectivity index (χ0n) is 16.1. The molecule has 2 aliphatic heterocycles. The topological polar surface area (TPSA) is 68.9 Å². The van der Waals surface area contributed by atoms with E-state index in [0.29, 0.717) is 29.6 Å². The van der Waals surface area contributed by atoms with E-state index in [9.17, 15) is 9.90 Å². The number of hydrogen-bond donors (Lipinski definition) is 1. The average Bonchev–Trinajstić information content (AvgIpc) is 3.35. The van der Waals surface area contributed by atoms with Gasteiger partial charge >= 0.3 is 5.63 Å². The third-order valence-electron chi connectivity index (χ3n) is 6.41. The van der Waals surface area contributed by atoms with E-state index in [1.165, 1.54) is 0 Å². The summed E-state index contributed by atoms with van der Waals surface area (Å²) in [4.78, 5) is 12.9. The molecule has 0 amide bonds. The summed E-state index contributed by atoms with van der Waals surface area (Å²) in [7, 11) is 0. The van der Waals surface area contributed by atoms with Crippen LogP contribution in [0.3, 0.4) is 0 Å². The van der Waals surface area contributed by atoms with Gasteiger partial charge in [0.2, 0.25) is 0 Å². The molecule has 5 heteroatoms. The van der Waals surface area contributed by atoms with Crippen molar-refractivity contribution in [3.63, 3.8) is 0 Å². The standard InChI is InChI=1S/C22H30O5/c1-2-17(12-15-6-10-25-11-7-15)19-13-18(23)20(21(24)27-19)22(8-3-9-26-22)14-16-4-5-16/h3,9,13,15-17,23H,2,4-8,10-12,14H2,1H3. The van der Waals surface area contributed by atoms with Crippen LogP contribution >= 0.6 is 0 Å². The molecule has 1 aromatic rings. The van der Waals surface area contributed by atoms with Crippen molar-refractivity contribution in [2.45, 2.75) is 69.8 Å². The van der Waals surface area contributed by atoms with Gasteiger partial charge in [0.05, 0.1) is 6.26 Å². The average molecular weight is 374 g/mol. The van der Waals surface area contributed by atoms with E-state index in [4.69, 9.17) is 13.9 Å². The second-order valence-corrected chi connectivity index (χ2v) is 8.43. The Balaban J connectivity index is 1.59. The van der Waals surface area contributed by atoms with Gasteiger partial charge in [0, 0.05) is 31.6 Å². The van der Waals surface area contributed by atoms with Crippen molar-refractivity contribution in [3.8, 4) is 5.75 Å². The lowest BCUT2D eigenvalue weighted by atomic mass is 9.84. The first-order valence-corrected chi connectivity index (χ1v) is 10.4. The molecule has 1 N–H and O–H groups in total. The lowest BCUT2D eigenvalue weighted by Crippen LogP contribution is -2.32. The van der Waals surface area contributed by atoms with Crippen LogP contribution in [0.2, 0.25) is 0 Å². The van der Waals surface area contributed by atoms with E-state index in [-0.39, 0.29) is 11.7 Å². The largest absolute Gasteiger partial charge is 0.507 e. The van der Waals surface area contributed by atoms with Gasteiger partial charge in [-0.1, -0.05) is 19.8 Å². The first-order valence-electron chi connectivity index (χ1n) is 10.4. The van der Waals surface area contributed by atoms with Crippen molar-refractivity contribution in [1.82, 2.24) is 0 Å². The van der Waals surface area contributed by atoms with Crippen LogP contribution in [0, 0.1) is 11.8 Å². The summed E-state index contributed by atoms with van der Waals surface area (Å²) < 4.78 is 17.1. The Bertz CT molecular complexity index is 732. The summed E-state index contributed by atoms with van der Waals surface area (Å²) in [6.45, 7) is 3.72. The van der Waals surface area contributed by atoms with Gasteiger partial charge in [-0.25, -0.2) is 4.79 Å². The summed E-state index contributed by atoms with van der Waals surface area (Å²) in [6.07, 6.45) is 11.2. The Kier molecular flexibility index (Phi) is 5.31. The highest BCUT2D eigenvalue weighted by Crippen LogP contribution is 2.48. The molecule has 1 saturated heterocycles. The van der Waals surface area contributed by atoms with Gasteiger partial charge in [-0.3, -0.25) is 0 Å². The third kappa shape index (κ3) is 3.93. The van der Waals surface area contributed by atoms with Gasteiger partial charge in [0.15, 0.2) is 0 Å². The molecule has 4 rings (SSSR count). The van der Waals surface area contributed by atoms with Crippen LogP contribution in [-0.2, 0) is 15.1 Å². The van der Waals surface area contributed by atoms with Crippen LogP contribution in [-0.4, -0.2) is 18.3 Å². The summed E-state index contributed by atoms with van der Waals surface area (Å²) in [6, 6.07) is 1.67. The number of aromatic hydroxyl groups is 1. The molecular weight excluding hydrogens is 344 g/mol. The van der Waals surface area contributed by atoms with Gasteiger partial charge in [0.1, 0.15) is 22.7 Å². The molecule has 0 radical (unpaired) electrons. The third-order valence-corrected chi connectivity index (χ3v) is 6.41. The van der Waals surface area contributed by atoms with Crippen molar-refractivity contribution in [1.29, 1.82) is 0 Å². The molecule has 1 aromatic heterocycles. The Morgan fingerprint density at radius 2 is 2.00 bits per heavy atom. The second-order valence-electron chi connectivity index (χ2n) is 8.43. The highest BCUT2D eigenvalue weighted by atomic mass is 16.5. The van der Waals surface area contributed by atoms with Crippen molar-refractivity contribution in [3.05, 3.63) is 40.1 Å². The minimum atomic E-state index is -0.757. The van der Waals surface area contributed by atoms with Gasteiger partial charge in [0.25, 0.3) is 0 Å². The smallest absolute Gasteiger partial charge is 0.347 e. The molecule has 2 fully saturated rings. The fraction of sp³-hybridized carbons (Fsp3) is 0.682. The fourth-order valence-electron chi connectivity index (χ4n) is 4.64. The maximum Gasteiger partial charge on any atom is 0.347 e. The first kappa shape index (κ1) is 18.6. The molecule has 1 aliphatic carbocycles. The molecule has 148 valence electrons. The van der Waals surface area contributed by atoms with Crippen molar-refractivity contribution in [2.75, 3.05) is 13.2 Å². The first-order chi connectivity index (χ1) is 13.1. The zero-order chi connectivity index (χ0) is 18.9. The van der Waals surface area contributed by atoms with Crippen molar-refractivity contribution in [2.24, 2.45) is 11.8 Å². The van der Waals surface area contributed by atoms with E-state index >= 15 is 0 Å². The summed E-state index contributed by atoms with van der Waals surface area (Å²) in [5, 5.41) is 10.8. The van der Waals surface area contributed by atoms with Gasteiger partial charge in [-0.05, 0) is 50.0 Å². The van der Waals surface area contributed by atoms with E-state index < -0.39 is 11.2 Å². The second kappa shape index (κ2) is 7.70. The maximum absolute atomic E-state index is 12.9. The van der Waals surface area contributed by atoms with E-state index in [1.807, 2.05) is 6.08 Å². The Hall–Kier alpha value is -1.75. The summed E-state index contributed by atoms with van der Waals surface area (Å²) in [5.41, 5.74) is -0.906. The minimum Gasteiger partial charge on any atom is -0.507 e. The maximum atomic E-state index is 12.9. The highest BCUT2D eigenvalue weighted by Gasteiger charge is 2.45. The van der Waals surface area contributed by atoms with E-state index in [0.717, 1.165) is 58.2 Å². The predicted molar refractivity (Wildman–Crippen MR) is 102 cm³/mol. The highest BCUT2D eigenvalue weighted by molar-refractivity contribution is 5.37. The Labute approximate surface area is 160 Å². The Morgan fingerprint density at radius 1 is 1.22 bits per heavy atom. The van der Waals surface area contributed by atoms with Crippen LogP contribution in [0.5, 0.6) is 5.75 Å². The normalized spacial score (nSPS) is 26.9. The predicted octanol–water partition coefficient (Wildman–Crippen LogP) is 4.59. The Morgan fingerprint density at radius 3 is 2.59 bits per heavy atom. The van der Waals surface area contributed by atoms with Gasteiger partial charge < -0.3 is 19.0 Å².